The smallest absolute Gasteiger partial charge is 0.237 e. The lowest BCUT2D eigenvalue weighted by atomic mass is 9.92. The highest BCUT2D eigenvalue weighted by atomic mass is 32.2. The van der Waals surface area contributed by atoms with Crippen LogP contribution < -0.4 is 0 Å². The summed E-state index contributed by atoms with van der Waals surface area (Å²) >= 11 is 0. The Morgan fingerprint density at radius 3 is 2.30 bits per heavy atom. The van der Waals surface area contributed by atoms with Crippen LogP contribution in [0.3, 0.4) is 0 Å². The van der Waals surface area contributed by atoms with E-state index >= 15 is 0 Å². The molecule has 3 aliphatic rings. The summed E-state index contributed by atoms with van der Waals surface area (Å²) < 4.78 is 24.3. The number of hydrogen-bond donors (Lipinski definition) is 0. The second kappa shape index (κ2) is 8.99. The number of sulfone groups is 1. The number of hydrogen-bond acceptors (Lipinski definition) is 4. The topological polar surface area (TPSA) is 57.7 Å². The maximum absolute atomic E-state index is 13.6. The van der Waals surface area contributed by atoms with E-state index in [1.54, 1.807) is 0 Å². The van der Waals surface area contributed by atoms with Crippen molar-refractivity contribution in [3.8, 4) is 0 Å². The van der Waals surface area contributed by atoms with Gasteiger partial charge in [-0.05, 0) is 58.1 Å². The quantitative estimate of drug-likeness (QED) is 0.710. The van der Waals surface area contributed by atoms with Crippen molar-refractivity contribution in [2.75, 3.05) is 24.6 Å². The first-order chi connectivity index (χ1) is 14.3. The van der Waals surface area contributed by atoms with Gasteiger partial charge in [0.05, 0.1) is 18.1 Å². The number of carbonyl (C=O) groups excluding carboxylic acids is 1. The van der Waals surface area contributed by atoms with Crippen molar-refractivity contribution in [1.82, 2.24) is 9.80 Å². The first kappa shape index (κ1) is 21.8. The summed E-state index contributed by atoms with van der Waals surface area (Å²) in [6.07, 6.45) is 8.33. The fourth-order valence-electron chi connectivity index (χ4n) is 5.91. The fourth-order valence-corrected chi connectivity index (χ4v) is 7.62. The highest BCUT2D eigenvalue weighted by molar-refractivity contribution is 7.91. The van der Waals surface area contributed by atoms with Crippen LogP contribution in [0.5, 0.6) is 0 Å². The first-order valence-corrected chi connectivity index (χ1v) is 13.5. The average molecular weight is 433 g/mol. The number of nitrogens with zero attached hydrogens (tertiary/aromatic N) is 2. The standard InChI is InChI=1S/C24H36N2O3S/c1-18-13-19(2)15-20(14-18)23-9-6-11-25(23)16-24(27)26(21-7-4-3-5-8-21)22-10-12-30(28,29)17-22/h13-15,21-23H,3-12,16-17H2,1-2H3. The molecular weight excluding hydrogens is 396 g/mol. The number of carbonyl (C=O) groups is 1. The third-order valence-corrected chi connectivity index (χ3v) is 8.94. The molecule has 0 bridgehead atoms. The minimum Gasteiger partial charge on any atom is -0.335 e. The molecule has 1 aliphatic carbocycles. The molecule has 0 radical (unpaired) electrons. The fraction of sp³-hybridized carbons (Fsp3) is 0.708. The Morgan fingerprint density at radius 1 is 0.967 bits per heavy atom. The lowest BCUT2D eigenvalue weighted by molar-refractivity contribution is -0.138. The van der Waals surface area contributed by atoms with Crippen LogP contribution in [-0.2, 0) is 14.6 Å². The van der Waals surface area contributed by atoms with E-state index in [2.05, 4.69) is 36.9 Å². The van der Waals surface area contributed by atoms with Gasteiger partial charge in [0.2, 0.25) is 5.91 Å². The molecule has 2 saturated heterocycles. The highest BCUT2D eigenvalue weighted by Gasteiger charge is 2.39. The largest absolute Gasteiger partial charge is 0.335 e. The summed E-state index contributed by atoms with van der Waals surface area (Å²) in [6.45, 7) is 5.61. The van der Waals surface area contributed by atoms with Gasteiger partial charge < -0.3 is 4.90 Å². The zero-order valence-electron chi connectivity index (χ0n) is 18.5. The van der Waals surface area contributed by atoms with Crippen molar-refractivity contribution >= 4 is 15.7 Å². The van der Waals surface area contributed by atoms with Crippen LogP contribution in [0.2, 0.25) is 0 Å². The predicted octanol–water partition coefficient (Wildman–Crippen LogP) is 3.79. The number of aryl methyl sites for hydroxylation is 2. The van der Waals surface area contributed by atoms with Gasteiger partial charge in [-0.3, -0.25) is 9.69 Å². The van der Waals surface area contributed by atoms with Crippen molar-refractivity contribution in [3.05, 3.63) is 34.9 Å². The number of amides is 1. The Kier molecular flexibility index (Phi) is 6.54. The van der Waals surface area contributed by atoms with Gasteiger partial charge in [0.1, 0.15) is 0 Å². The molecule has 1 aromatic carbocycles. The van der Waals surface area contributed by atoms with Crippen LogP contribution >= 0.6 is 0 Å². The molecule has 2 aliphatic heterocycles. The summed E-state index contributed by atoms with van der Waals surface area (Å²) in [5.41, 5.74) is 3.84. The van der Waals surface area contributed by atoms with Crippen LogP contribution in [0, 0.1) is 13.8 Å². The summed E-state index contributed by atoms with van der Waals surface area (Å²) in [6, 6.07) is 7.07. The third kappa shape index (κ3) is 4.91. The molecule has 1 saturated carbocycles. The zero-order chi connectivity index (χ0) is 21.3. The second-order valence-electron chi connectivity index (χ2n) is 9.70. The van der Waals surface area contributed by atoms with Gasteiger partial charge in [-0.15, -0.1) is 0 Å². The molecule has 4 rings (SSSR count). The predicted molar refractivity (Wildman–Crippen MR) is 120 cm³/mol. The van der Waals surface area contributed by atoms with Crippen LogP contribution in [0.1, 0.15) is 74.1 Å². The lowest BCUT2D eigenvalue weighted by Gasteiger charge is -2.39. The van der Waals surface area contributed by atoms with E-state index in [4.69, 9.17) is 0 Å². The van der Waals surface area contributed by atoms with Gasteiger partial charge in [0.25, 0.3) is 0 Å². The second-order valence-corrected chi connectivity index (χ2v) is 11.9. The van der Waals surface area contributed by atoms with Crippen LogP contribution in [0.25, 0.3) is 0 Å². The van der Waals surface area contributed by atoms with Gasteiger partial charge >= 0.3 is 0 Å². The molecule has 2 heterocycles. The van der Waals surface area contributed by atoms with E-state index in [1.807, 2.05) is 4.90 Å². The molecule has 166 valence electrons. The van der Waals surface area contributed by atoms with Crippen molar-refractivity contribution in [1.29, 1.82) is 0 Å². The van der Waals surface area contributed by atoms with E-state index in [9.17, 15) is 13.2 Å². The maximum atomic E-state index is 13.6. The zero-order valence-corrected chi connectivity index (χ0v) is 19.3. The van der Waals surface area contributed by atoms with Crippen LogP contribution in [0.4, 0.5) is 0 Å². The Balaban J connectivity index is 1.52. The van der Waals surface area contributed by atoms with Crippen LogP contribution in [-0.4, -0.2) is 60.8 Å². The number of benzene rings is 1. The molecule has 0 spiro atoms. The molecule has 1 aromatic rings. The normalized spacial score (nSPS) is 27.4. The SMILES string of the molecule is Cc1cc(C)cc(C2CCCN2CC(=O)N(C2CCCCC2)C2CCS(=O)(=O)C2)c1. The van der Waals surface area contributed by atoms with E-state index in [-0.39, 0.29) is 35.5 Å². The maximum Gasteiger partial charge on any atom is 0.237 e. The van der Waals surface area contributed by atoms with E-state index in [0.29, 0.717) is 13.0 Å². The minimum absolute atomic E-state index is 0.132. The van der Waals surface area contributed by atoms with Gasteiger partial charge in [0.15, 0.2) is 9.84 Å². The van der Waals surface area contributed by atoms with Gasteiger partial charge in [-0.25, -0.2) is 8.42 Å². The average Bonchev–Trinajstić information content (AvgIpc) is 3.28. The summed E-state index contributed by atoms with van der Waals surface area (Å²) in [7, 11) is -3.01. The molecule has 2 atom stereocenters. The highest BCUT2D eigenvalue weighted by Crippen LogP contribution is 2.34. The van der Waals surface area contributed by atoms with Crippen LogP contribution in [0.15, 0.2) is 18.2 Å². The molecule has 5 nitrogen and oxygen atoms in total. The Labute approximate surface area is 181 Å². The molecule has 6 heteroatoms. The van der Waals surface area contributed by atoms with E-state index < -0.39 is 9.84 Å². The summed E-state index contributed by atoms with van der Waals surface area (Å²) in [5.74, 6) is 0.513. The Bertz CT molecular complexity index is 856. The molecule has 2 unspecified atom stereocenters. The Hall–Kier alpha value is -1.40. The number of likely N-dealkylation sites (tertiary alicyclic amines) is 1. The van der Waals surface area contributed by atoms with Crippen molar-refractivity contribution in [2.45, 2.75) is 83.3 Å². The van der Waals surface area contributed by atoms with Crippen molar-refractivity contribution in [3.63, 3.8) is 0 Å². The molecular formula is C24H36N2O3S. The molecule has 3 fully saturated rings. The summed E-state index contributed by atoms with van der Waals surface area (Å²) in [5, 5.41) is 0. The van der Waals surface area contributed by atoms with Gasteiger partial charge in [-0.2, -0.15) is 0 Å². The van der Waals surface area contributed by atoms with E-state index in [0.717, 1.165) is 45.1 Å². The van der Waals surface area contributed by atoms with Gasteiger partial charge in [0, 0.05) is 18.1 Å². The first-order valence-electron chi connectivity index (χ1n) is 11.7. The van der Waals surface area contributed by atoms with Crippen molar-refractivity contribution < 1.29 is 13.2 Å². The summed E-state index contributed by atoms with van der Waals surface area (Å²) in [4.78, 5) is 17.9. The molecule has 0 N–H and O–H groups in total. The van der Waals surface area contributed by atoms with Gasteiger partial charge in [-0.1, -0.05) is 48.6 Å². The molecule has 30 heavy (non-hydrogen) atoms. The van der Waals surface area contributed by atoms with E-state index in [1.165, 1.54) is 23.1 Å². The number of rotatable bonds is 5. The molecule has 1 amide bonds. The lowest BCUT2D eigenvalue weighted by Crippen LogP contribution is -2.51. The third-order valence-electron chi connectivity index (χ3n) is 7.19. The van der Waals surface area contributed by atoms with Crippen molar-refractivity contribution in [2.24, 2.45) is 0 Å². The Morgan fingerprint density at radius 2 is 1.67 bits per heavy atom. The minimum atomic E-state index is -3.01. The molecule has 0 aromatic heterocycles. The monoisotopic (exact) mass is 432 g/mol.